The van der Waals surface area contributed by atoms with Crippen LogP contribution in [-0.4, -0.2) is 24.1 Å². The Balaban J connectivity index is 0. The summed E-state index contributed by atoms with van der Waals surface area (Å²) < 4.78 is 0. The quantitative estimate of drug-likeness (QED) is 0.516. The Kier molecular flexibility index (Phi) is 11.0. The Morgan fingerprint density at radius 2 is 2.22 bits per heavy atom. The predicted molar refractivity (Wildman–Crippen MR) is 42.3 cm³/mol. The number of nitrogens with two attached hydrogens (primary N) is 1. The second-order valence-corrected chi connectivity index (χ2v) is 1.32. The Hall–Kier alpha value is 0.280. The molecule has 5 heteroatoms. The first-order valence-electron chi connectivity index (χ1n) is 2.25. The van der Waals surface area contributed by atoms with E-state index >= 15 is 0 Å². The summed E-state index contributed by atoms with van der Waals surface area (Å²) in [5.74, 6) is 4.37. The standard InChI is InChI=1S/C4H9NO3.HI/c5-8-3-4(7)1-2-6;/h6H,1-3,5H2;1H. The summed E-state index contributed by atoms with van der Waals surface area (Å²) in [6.45, 7) is -0.247. The lowest BCUT2D eigenvalue weighted by Crippen LogP contribution is -2.12. The molecule has 0 atom stereocenters. The summed E-state index contributed by atoms with van der Waals surface area (Å²) in [5.41, 5.74) is 0. The minimum absolute atomic E-state index is 0. The molecule has 9 heavy (non-hydrogen) atoms. The van der Waals surface area contributed by atoms with Crippen LogP contribution in [0.1, 0.15) is 6.42 Å². The number of hydrogen-bond donors (Lipinski definition) is 2. The molecule has 0 aromatic heterocycles. The average molecular weight is 247 g/mol. The van der Waals surface area contributed by atoms with E-state index in [-0.39, 0.29) is 49.4 Å². The zero-order chi connectivity index (χ0) is 6.41. The smallest absolute Gasteiger partial charge is 0.162 e. The molecule has 0 bridgehead atoms. The number of rotatable bonds is 4. The van der Waals surface area contributed by atoms with Crippen LogP contribution in [0.25, 0.3) is 0 Å². The molecule has 4 nitrogen and oxygen atoms in total. The highest BCUT2D eigenvalue weighted by Crippen LogP contribution is 1.78. The second kappa shape index (κ2) is 8.28. The third kappa shape index (κ3) is 8.28. The Labute approximate surface area is 70.3 Å². The molecule has 0 heterocycles. The molecule has 0 amide bonds. The Morgan fingerprint density at radius 1 is 1.67 bits per heavy atom. The maximum Gasteiger partial charge on any atom is 0.162 e. The lowest BCUT2D eigenvalue weighted by molar-refractivity contribution is -0.124. The summed E-state index contributed by atoms with van der Waals surface area (Å²) in [6, 6.07) is 0. The topological polar surface area (TPSA) is 72.5 Å². The van der Waals surface area contributed by atoms with Crippen LogP contribution in [0.3, 0.4) is 0 Å². The van der Waals surface area contributed by atoms with E-state index in [2.05, 4.69) is 10.7 Å². The summed E-state index contributed by atoms with van der Waals surface area (Å²) in [4.78, 5) is 14.3. The fraction of sp³-hybridized carbons (Fsp3) is 0.750. The molecule has 0 aromatic rings. The molecule has 0 aliphatic heterocycles. The largest absolute Gasteiger partial charge is 0.396 e. The zero-order valence-corrected chi connectivity index (χ0v) is 7.20. The van der Waals surface area contributed by atoms with Crippen LogP contribution in [-0.2, 0) is 9.63 Å². The minimum atomic E-state index is -0.185. The van der Waals surface area contributed by atoms with E-state index in [1.54, 1.807) is 0 Å². The van der Waals surface area contributed by atoms with Crippen LogP contribution in [0.4, 0.5) is 0 Å². The van der Waals surface area contributed by atoms with Gasteiger partial charge in [-0.05, 0) is 0 Å². The lowest BCUT2D eigenvalue weighted by atomic mass is 10.3. The van der Waals surface area contributed by atoms with E-state index < -0.39 is 0 Å². The summed E-state index contributed by atoms with van der Waals surface area (Å²) in [6.07, 6.45) is 0.122. The van der Waals surface area contributed by atoms with Crippen LogP contribution in [0, 0.1) is 0 Å². The van der Waals surface area contributed by atoms with E-state index in [0.717, 1.165) is 0 Å². The molecule has 3 N–H and O–H groups in total. The van der Waals surface area contributed by atoms with Crippen molar-refractivity contribution in [2.45, 2.75) is 6.42 Å². The van der Waals surface area contributed by atoms with Crippen LogP contribution in [0.15, 0.2) is 0 Å². The monoisotopic (exact) mass is 247 g/mol. The third-order valence-electron chi connectivity index (χ3n) is 0.635. The fourth-order valence-electron chi connectivity index (χ4n) is 0.290. The van der Waals surface area contributed by atoms with E-state index in [0.29, 0.717) is 0 Å². The number of carbonyl (C=O) groups excluding carboxylic acids is 1. The van der Waals surface area contributed by atoms with Crippen molar-refractivity contribution >= 4 is 29.8 Å². The van der Waals surface area contributed by atoms with Gasteiger partial charge in [0.15, 0.2) is 5.78 Å². The molecular weight excluding hydrogens is 237 g/mol. The van der Waals surface area contributed by atoms with Crippen molar-refractivity contribution < 1.29 is 14.7 Å². The van der Waals surface area contributed by atoms with Gasteiger partial charge in [0.05, 0.1) is 6.61 Å². The zero-order valence-electron chi connectivity index (χ0n) is 4.87. The van der Waals surface area contributed by atoms with E-state index in [1.165, 1.54) is 0 Å². The van der Waals surface area contributed by atoms with E-state index in [9.17, 15) is 4.79 Å². The van der Waals surface area contributed by atoms with Crippen molar-refractivity contribution in [3.05, 3.63) is 0 Å². The molecule has 0 spiro atoms. The van der Waals surface area contributed by atoms with E-state index in [1.807, 2.05) is 0 Å². The van der Waals surface area contributed by atoms with Crippen molar-refractivity contribution in [3.63, 3.8) is 0 Å². The van der Waals surface area contributed by atoms with Gasteiger partial charge < -0.3 is 5.11 Å². The normalized spacial score (nSPS) is 8.22. The highest BCUT2D eigenvalue weighted by atomic mass is 127. The highest BCUT2D eigenvalue weighted by molar-refractivity contribution is 14.0. The third-order valence-corrected chi connectivity index (χ3v) is 0.635. The fourth-order valence-corrected chi connectivity index (χ4v) is 0.290. The number of aliphatic hydroxyl groups is 1. The van der Waals surface area contributed by atoms with Gasteiger partial charge in [0.1, 0.15) is 6.61 Å². The average Bonchev–Trinajstić information content (AvgIpc) is 1.68. The molecule has 0 rings (SSSR count). The van der Waals surface area contributed by atoms with Gasteiger partial charge in [-0.1, -0.05) is 0 Å². The molecule has 0 unspecified atom stereocenters. The number of hydrogen-bond acceptors (Lipinski definition) is 4. The SMILES string of the molecule is I.NOCC(=O)CCO. The first-order valence-corrected chi connectivity index (χ1v) is 2.25. The molecule has 0 radical (unpaired) electrons. The number of aliphatic hydroxyl groups excluding tert-OH is 1. The number of halogens is 1. The summed E-state index contributed by atoms with van der Waals surface area (Å²) >= 11 is 0. The van der Waals surface area contributed by atoms with Gasteiger partial charge in [-0.25, -0.2) is 5.90 Å². The maximum atomic E-state index is 10.3. The van der Waals surface area contributed by atoms with Crippen molar-refractivity contribution in [1.82, 2.24) is 0 Å². The van der Waals surface area contributed by atoms with Crippen molar-refractivity contribution in [3.8, 4) is 0 Å². The number of ketones is 1. The maximum absolute atomic E-state index is 10.3. The molecule has 0 aliphatic carbocycles. The van der Waals surface area contributed by atoms with Crippen LogP contribution in [0.2, 0.25) is 0 Å². The van der Waals surface area contributed by atoms with E-state index in [4.69, 9.17) is 5.11 Å². The Morgan fingerprint density at radius 3 is 2.56 bits per heavy atom. The van der Waals surface area contributed by atoms with Gasteiger partial charge in [0, 0.05) is 6.42 Å². The highest BCUT2D eigenvalue weighted by Gasteiger charge is 1.96. The lowest BCUT2D eigenvalue weighted by Gasteiger charge is -1.92. The summed E-state index contributed by atoms with van der Waals surface area (Å²) in [7, 11) is 0. The van der Waals surface area contributed by atoms with Crippen LogP contribution < -0.4 is 5.90 Å². The van der Waals surface area contributed by atoms with Gasteiger partial charge >= 0.3 is 0 Å². The predicted octanol–water partition coefficient (Wildman–Crippen LogP) is -0.554. The first kappa shape index (κ1) is 12.0. The van der Waals surface area contributed by atoms with Crippen molar-refractivity contribution in [2.75, 3.05) is 13.2 Å². The molecule has 0 saturated carbocycles. The van der Waals surface area contributed by atoms with Crippen molar-refractivity contribution in [2.24, 2.45) is 5.90 Å². The molecule has 0 aromatic carbocycles. The molecular formula is C4H10INO3. The number of carbonyl (C=O) groups is 1. The molecule has 56 valence electrons. The van der Waals surface area contributed by atoms with Gasteiger partial charge in [-0.15, -0.1) is 24.0 Å². The number of Topliss-reactive ketones (excluding diaryl/α,β-unsaturated/α-hetero) is 1. The van der Waals surface area contributed by atoms with Crippen LogP contribution in [0.5, 0.6) is 0 Å². The minimum Gasteiger partial charge on any atom is -0.396 e. The van der Waals surface area contributed by atoms with Crippen LogP contribution >= 0.6 is 24.0 Å². The summed E-state index contributed by atoms with van der Waals surface area (Å²) in [5, 5.41) is 8.15. The van der Waals surface area contributed by atoms with Gasteiger partial charge in [0.2, 0.25) is 0 Å². The molecule has 0 fully saturated rings. The van der Waals surface area contributed by atoms with Gasteiger partial charge in [0.25, 0.3) is 0 Å². The Bertz CT molecular complexity index is 70.2. The van der Waals surface area contributed by atoms with Gasteiger partial charge in [-0.3, -0.25) is 9.63 Å². The molecule has 0 aliphatic rings. The first-order chi connectivity index (χ1) is 3.81. The van der Waals surface area contributed by atoms with Gasteiger partial charge in [-0.2, -0.15) is 0 Å². The second-order valence-electron chi connectivity index (χ2n) is 1.32. The molecule has 0 saturated heterocycles. The van der Waals surface area contributed by atoms with Crippen molar-refractivity contribution in [1.29, 1.82) is 0 Å².